The molecule has 8 heteroatoms. The lowest BCUT2D eigenvalue weighted by atomic mass is 10.4. The van der Waals surface area contributed by atoms with Crippen LogP contribution in [0.1, 0.15) is 11.4 Å². The van der Waals surface area contributed by atoms with Crippen molar-refractivity contribution in [2.45, 2.75) is 18.4 Å². The lowest BCUT2D eigenvalue weighted by Gasteiger charge is -2.03. The fourth-order valence-corrected chi connectivity index (χ4v) is 2.05. The Morgan fingerprint density at radius 2 is 2.12 bits per heavy atom. The Morgan fingerprint density at radius 3 is 2.71 bits per heavy atom. The lowest BCUT2D eigenvalue weighted by Crippen LogP contribution is -2.23. The van der Waals surface area contributed by atoms with E-state index in [1.165, 1.54) is 18.6 Å². The molecule has 0 aliphatic carbocycles. The summed E-state index contributed by atoms with van der Waals surface area (Å²) in [5.41, 5.74) is 1.34. The molecule has 0 radical (unpaired) electrons. The van der Waals surface area contributed by atoms with Crippen LogP contribution in [0, 0.1) is 6.92 Å². The van der Waals surface area contributed by atoms with E-state index < -0.39 is 10.0 Å². The van der Waals surface area contributed by atoms with Gasteiger partial charge in [0, 0.05) is 12.4 Å². The van der Waals surface area contributed by atoms with Gasteiger partial charge in [0.15, 0.2) is 0 Å². The molecule has 0 aliphatic rings. The van der Waals surface area contributed by atoms with E-state index in [1.807, 2.05) is 6.92 Å². The Bertz CT molecular complexity index is 576. The average molecular weight is 253 g/mol. The van der Waals surface area contributed by atoms with E-state index in [0.29, 0.717) is 5.69 Å². The summed E-state index contributed by atoms with van der Waals surface area (Å²) in [6.07, 6.45) is 5.67. The topological polar surface area (TPSA) is 101 Å². The number of rotatable bonds is 4. The van der Waals surface area contributed by atoms with Crippen molar-refractivity contribution in [3.05, 3.63) is 36.2 Å². The van der Waals surface area contributed by atoms with Gasteiger partial charge in [0.2, 0.25) is 10.0 Å². The van der Waals surface area contributed by atoms with Gasteiger partial charge in [0.05, 0.1) is 30.3 Å². The van der Waals surface area contributed by atoms with Gasteiger partial charge in [-0.2, -0.15) is 5.10 Å². The van der Waals surface area contributed by atoms with Crippen LogP contribution in [0.2, 0.25) is 0 Å². The molecule has 0 saturated carbocycles. The highest BCUT2D eigenvalue weighted by Gasteiger charge is 2.14. The van der Waals surface area contributed by atoms with Crippen molar-refractivity contribution in [1.82, 2.24) is 24.9 Å². The summed E-state index contributed by atoms with van der Waals surface area (Å²) >= 11 is 0. The summed E-state index contributed by atoms with van der Waals surface area (Å²) in [7, 11) is -3.54. The van der Waals surface area contributed by atoms with E-state index >= 15 is 0 Å². The van der Waals surface area contributed by atoms with Gasteiger partial charge in [0.1, 0.15) is 4.90 Å². The fourth-order valence-electron chi connectivity index (χ4n) is 1.15. The molecule has 90 valence electrons. The summed E-state index contributed by atoms with van der Waals surface area (Å²) in [5.74, 6) is 0. The molecule has 2 heterocycles. The number of nitrogens with zero attached hydrogens (tertiary/aromatic N) is 3. The third-order valence-corrected chi connectivity index (χ3v) is 3.43. The van der Waals surface area contributed by atoms with Gasteiger partial charge in [-0.05, 0) is 6.92 Å². The predicted octanol–water partition coefficient (Wildman–Crippen LogP) is -0.0134. The van der Waals surface area contributed by atoms with Crippen molar-refractivity contribution in [3.8, 4) is 0 Å². The fraction of sp³-hybridized carbons (Fsp3) is 0.222. The Kier molecular flexibility index (Phi) is 3.16. The van der Waals surface area contributed by atoms with Crippen LogP contribution in [0.4, 0.5) is 0 Å². The van der Waals surface area contributed by atoms with Crippen molar-refractivity contribution in [2.24, 2.45) is 0 Å². The number of nitrogens with one attached hydrogen (secondary N) is 2. The zero-order valence-corrected chi connectivity index (χ0v) is 9.90. The number of hydrogen-bond donors (Lipinski definition) is 2. The molecule has 2 rings (SSSR count). The van der Waals surface area contributed by atoms with Gasteiger partial charge in [-0.25, -0.2) is 13.1 Å². The maximum absolute atomic E-state index is 11.7. The quantitative estimate of drug-likeness (QED) is 0.798. The number of hydrogen-bond acceptors (Lipinski definition) is 5. The Balaban J connectivity index is 2.06. The van der Waals surface area contributed by atoms with E-state index in [1.54, 1.807) is 6.20 Å². The maximum Gasteiger partial charge on any atom is 0.244 e. The molecule has 0 atom stereocenters. The zero-order chi connectivity index (χ0) is 12.3. The molecule has 2 aromatic heterocycles. The van der Waals surface area contributed by atoms with Crippen LogP contribution in [-0.2, 0) is 16.6 Å². The Hall–Kier alpha value is -1.80. The third kappa shape index (κ3) is 2.86. The van der Waals surface area contributed by atoms with Crippen molar-refractivity contribution in [1.29, 1.82) is 0 Å². The molecule has 0 fully saturated rings. The van der Waals surface area contributed by atoms with Gasteiger partial charge in [-0.3, -0.25) is 15.1 Å². The molecule has 2 N–H and O–H groups in total. The van der Waals surface area contributed by atoms with Gasteiger partial charge in [0.25, 0.3) is 0 Å². The summed E-state index contributed by atoms with van der Waals surface area (Å²) in [6.45, 7) is 1.91. The molecule has 17 heavy (non-hydrogen) atoms. The highest BCUT2D eigenvalue weighted by atomic mass is 32.2. The van der Waals surface area contributed by atoms with Crippen LogP contribution in [0.5, 0.6) is 0 Å². The minimum atomic E-state index is -3.54. The highest BCUT2D eigenvalue weighted by molar-refractivity contribution is 7.89. The van der Waals surface area contributed by atoms with E-state index in [4.69, 9.17) is 0 Å². The normalized spacial score (nSPS) is 11.6. The van der Waals surface area contributed by atoms with Crippen LogP contribution in [0.3, 0.4) is 0 Å². The number of aryl methyl sites for hydroxylation is 1. The second-order valence-electron chi connectivity index (χ2n) is 3.41. The monoisotopic (exact) mass is 253 g/mol. The molecule has 0 aromatic carbocycles. The van der Waals surface area contributed by atoms with Crippen molar-refractivity contribution >= 4 is 10.0 Å². The molecule has 0 spiro atoms. The summed E-state index contributed by atoms with van der Waals surface area (Å²) in [6, 6.07) is 0. The zero-order valence-electron chi connectivity index (χ0n) is 9.08. The number of sulfonamides is 1. The van der Waals surface area contributed by atoms with Crippen LogP contribution in [-0.4, -0.2) is 28.6 Å². The van der Waals surface area contributed by atoms with E-state index in [-0.39, 0.29) is 11.4 Å². The van der Waals surface area contributed by atoms with E-state index in [9.17, 15) is 8.42 Å². The summed E-state index contributed by atoms with van der Waals surface area (Å²) in [5, 5.41) is 6.03. The molecule has 0 aliphatic heterocycles. The first-order valence-electron chi connectivity index (χ1n) is 4.84. The minimum absolute atomic E-state index is 0.0950. The van der Waals surface area contributed by atoms with Crippen LogP contribution in [0.15, 0.2) is 29.7 Å². The van der Waals surface area contributed by atoms with E-state index in [0.717, 1.165) is 5.69 Å². The standard InChI is InChI=1S/C9H11N5O2S/c1-7-2-11-8(3-10-7)4-14-17(15,16)9-5-12-13-6-9/h2-3,5-6,14H,4H2,1H3,(H,12,13). The second-order valence-corrected chi connectivity index (χ2v) is 5.17. The van der Waals surface area contributed by atoms with Gasteiger partial charge < -0.3 is 0 Å². The lowest BCUT2D eigenvalue weighted by molar-refractivity contribution is 0.580. The van der Waals surface area contributed by atoms with Crippen LogP contribution < -0.4 is 4.72 Å². The Labute approximate surface area is 98.4 Å². The van der Waals surface area contributed by atoms with Crippen molar-refractivity contribution in [3.63, 3.8) is 0 Å². The average Bonchev–Trinajstić information content (AvgIpc) is 2.82. The summed E-state index contributed by atoms with van der Waals surface area (Å²) in [4.78, 5) is 8.17. The van der Waals surface area contributed by atoms with Gasteiger partial charge >= 0.3 is 0 Å². The minimum Gasteiger partial charge on any atom is -0.284 e. The Morgan fingerprint density at radius 1 is 1.29 bits per heavy atom. The molecular weight excluding hydrogens is 242 g/mol. The SMILES string of the molecule is Cc1cnc(CNS(=O)(=O)c2cn[nH]c2)cn1. The van der Waals surface area contributed by atoms with Crippen LogP contribution in [0.25, 0.3) is 0 Å². The first kappa shape index (κ1) is 11.7. The third-order valence-electron chi connectivity index (χ3n) is 2.06. The van der Waals surface area contributed by atoms with Crippen molar-refractivity contribution in [2.75, 3.05) is 0 Å². The first-order valence-corrected chi connectivity index (χ1v) is 6.32. The van der Waals surface area contributed by atoms with Gasteiger partial charge in [-0.15, -0.1) is 0 Å². The molecule has 0 amide bonds. The molecule has 0 unspecified atom stereocenters. The number of aromatic nitrogens is 4. The molecular formula is C9H11N5O2S. The molecule has 0 saturated heterocycles. The molecule has 7 nitrogen and oxygen atoms in total. The maximum atomic E-state index is 11.7. The van der Waals surface area contributed by atoms with Crippen molar-refractivity contribution < 1.29 is 8.42 Å². The predicted molar refractivity (Wildman–Crippen MR) is 59.4 cm³/mol. The second kappa shape index (κ2) is 4.60. The number of H-pyrrole nitrogens is 1. The summed E-state index contributed by atoms with van der Waals surface area (Å²) < 4.78 is 25.8. The largest absolute Gasteiger partial charge is 0.284 e. The van der Waals surface area contributed by atoms with Gasteiger partial charge in [-0.1, -0.05) is 0 Å². The smallest absolute Gasteiger partial charge is 0.244 e. The molecule has 0 bridgehead atoms. The van der Waals surface area contributed by atoms with E-state index in [2.05, 4.69) is 24.9 Å². The van der Waals surface area contributed by atoms with Crippen LogP contribution >= 0.6 is 0 Å². The number of aromatic amines is 1. The highest BCUT2D eigenvalue weighted by Crippen LogP contribution is 2.05. The molecule has 2 aromatic rings. The first-order chi connectivity index (χ1) is 8.08.